The van der Waals surface area contributed by atoms with Gasteiger partial charge >= 0.3 is 6.09 Å². The van der Waals surface area contributed by atoms with Gasteiger partial charge < -0.3 is 38.5 Å². The maximum Gasteiger partial charge on any atom is 0.408 e. The van der Waals surface area contributed by atoms with Crippen molar-refractivity contribution in [3.8, 4) is 0 Å². The summed E-state index contributed by atoms with van der Waals surface area (Å²) in [6.07, 6.45) is -2.69. The second-order valence-electron chi connectivity index (χ2n) is 9.31. The van der Waals surface area contributed by atoms with Gasteiger partial charge in [-0.15, -0.1) is 0 Å². The van der Waals surface area contributed by atoms with Crippen LogP contribution in [0.2, 0.25) is 0 Å². The molecule has 0 aromatic carbocycles. The van der Waals surface area contributed by atoms with Crippen LogP contribution in [0.3, 0.4) is 0 Å². The van der Waals surface area contributed by atoms with Crippen molar-refractivity contribution in [3.63, 3.8) is 0 Å². The van der Waals surface area contributed by atoms with Crippen molar-refractivity contribution in [2.24, 2.45) is 0 Å². The Hall–Kier alpha value is -1.26. The lowest BCUT2D eigenvalue weighted by molar-refractivity contribution is -0.208. The first-order valence-corrected chi connectivity index (χ1v) is 9.58. The van der Waals surface area contributed by atoms with Crippen LogP contribution in [0.15, 0.2) is 0 Å². The largest absolute Gasteiger partial charge is 0.444 e. The van der Waals surface area contributed by atoms with E-state index >= 15 is 0 Å². The van der Waals surface area contributed by atoms with Crippen molar-refractivity contribution in [2.75, 3.05) is 6.61 Å². The number of hydrogen-bond donors (Lipinski definition) is 1. The molecule has 3 aliphatic heterocycles. The van der Waals surface area contributed by atoms with Gasteiger partial charge in [-0.2, -0.15) is 0 Å². The monoisotopic (exact) mass is 401 g/mol. The minimum atomic E-state index is -0.958. The summed E-state index contributed by atoms with van der Waals surface area (Å²) in [6.45, 7) is 12.8. The van der Waals surface area contributed by atoms with Crippen LogP contribution in [0, 0.1) is 0 Å². The zero-order chi connectivity index (χ0) is 20.9. The van der Waals surface area contributed by atoms with Crippen molar-refractivity contribution < 1.29 is 38.0 Å². The van der Waals surface area contributed by atoms with Crippen molar-refractivity contribution in [1.29, 1.82) is 0 Å². The predicted molar refractivity (Wildman–Crippen MR) is 96.6 cm³/mol. The third kappa shape index (κ3) is 4.65. The minimum absolute atomic E-state index is 0.336. The SMILES string of the molecule is CC(C)(C)OC(=O)N[C@H](C=O)[C@@H]1O[C@H]([C@H]2COC(C)(C)O2)[C@@H]2OC(C)(C)O[C@@H]21. The van der Waals surface area contributed by atoms with Gasteiger partial charge in [0, 0.05) is 0 Å². The van der Waals surface area contributed by atoms with Crippen molar-refractivity contribution in [3.05, 3.63) is 0 Å². The van der Waals surface area contributed by atoms with Crippen LogP contribution in [-0.4, -0.2) is 72.7 Å². The van der Waals surface area contributed by atoms with E-state index in [4.69, 9.17) is 28.4 Å². The molecule has 0 unspecified atom stereocenters. The number of carbonyl (C=O) groups is 2. The second kappa shape index (κ2) is 7.21. The third-order valence-corrected chi connectivity index (χ3v) is 4.71. The number of hydrogen-bond acceptors (Lipinski definition) is 8. The Balaban J connectivity index is 1.76. The summed E-state index contributed by atoms with van der Waals surface area (Å²) in [4.78, 5) is 23.9. The fourth-order valence-corrected chi connectivity index (χ4v) is 3.76. The molecule has 3 saturated heterocycles. The number of ether oxygens (including phenoxy) is 6. The van der Waals surface area contributed by atoms with Crippen molar-refractivity contribution in [2.45, 2.75) is 102 Å². The van der Waals surface area contributed by atoms with E-state index in [1.54, 1.807) is 34.6 Å². The van der Waals surface area contributed by atoms with E-state index in [1.165, 1.54) is 0 Å². The van der Waals surface area contributed by atoms with Crippen LogP contribution in [0.5, 0.6) is 0 Å². The highest BCUT2D eigenvalue weighted by Gasteiger charge is 2.60. The molecule has 0 spiro atoms. The molecule has 3 rings (SSSR count). The van der Waals surface area contributed by atoms with E-state index in [1.807, 2.05) is 13.8 Å². The first-order valence-electron chi connectivity index (χ1n) is 9.58. The average Bonchev–Trinajstić information content (AvgIpc) is 3.13. The molecule has 3 fully saturated rings. The number of aldehydes is 1. The normalized spacial score (nSPS) is 37.3. The summed E-state index contributed by atoms with van der Waals surface area (Å²) >= 11 is 0. The molecule has 160 valence electrons. The van der Waals surface area contributed by atoms with E-state index in [2.05, 4.69) is 5.32 Å². The molecule has 0 radical (unpaired) electrons. The molecule has 9 nitrogen and oxygen atoms in total. The Morgan fingerprint density at radius 1 is 1.07 bits per heavy atom. The third-order valence-electron chi connectivity index (χ3n) is 4.71. The van der Waals surface area contributed by atoms with Gasteiger partial charge in [-0.3, -0.25) is 0 Å². The number of rotatable bonds is 4. The van der Waals surface area contributed by atoms with Gasteiger partial charge in [0.15, 0.2) is 11.6 Å². The Morgan fingerprint density at radius 2 is 1.71 bits per heavy atom. The minimum Gasteiger partial charge on any atom is -0.444 e. The van der Waals surface area contributed by atoms with Gasteiger partial charge in [-0.25, -0.2) is 4.79 Å². The van der Waals surface area contributed by atoms with Gasteiger partial charge in [0.25, 0.3) is 0 Å². The number of alkyl carbamates (subject to hydrolysis) is 1. The Kier molecular flexibility index (Phi) is 5.52. The number of nitrogens with one attached hydrogen (secondary N) is 1. The van der Waals surface area contributed by atoms with E-state index in [0.717, 1.165) is 0 Å². The van der Waals surface area contributed by atoms with E-state index in [9.17, 15) is 9.59 Å². The highest BCUT2D eigenvalue weighted by molar-refractivity contribution is 5.74. The topological polar surface area (TPSA) is 102 Å². The number of carbonyl (C=O) groups excluding carboxylic acids is 2. The summed E-state index contributed by atoms with van der Waals surface area (Å²) in [5.74, 6) is -1.57. The first-order chi connectivity index (χ1) is 12.8. The van der Waals surface area contributed by atoms with Gasteiger partial charge in [0.2, 0.25) is 0 Å². The molecule has 28 heavy (non-hydrogen) atoms. The molecule has 3 heterocycles. The molecule has 0 saturated carbocycles. The molecule has 9 heteroatoms. The smallest absolute Gasteiger partial charge is 0.408 e. The zero-order valence-electron chi connectivity index (χ0n) is 17.5. The van der Waals surface area contributed by atoms with Crippen LogP contribution >= 0.6 is 0 Å². The average molecular weight is 401 g/mol. The van der Waals surface area contributed by atoms with Gasteiger partial charge in [-0.1, -0.05) is 0 Å². The molecule has 0 bridgehead atoms. The van der Waals surface area contributed by atoms with Gasteiger partial charge in [-0.05, 0) is 48.5 Å². The lowest BCUT2D eigenvalue weighted by Crippen LogP contribution is -2.51. The quantitative estimate of drug-likeness (QED) is 0.708. The van der Waals surface area contributed by atoms with Crippen LogP contribution in [0.25, 0.3) is 0 Å². The molecular formula is C19H31NO8. The van der Waals surface area contributed by atoms with Crippen LogP contribution in [0.1, 0.15) is 48.5 Å². The lowest BCUT2D eigenvalue weighted by atomic mass is 10.0. The highest BCUT2D eigenvalue weighted by atomic mass is 16.8. The maximum absolute atomic E-state index is 12.2. The molecule has 0 aromatic rings. The predicted octanol–water partition coefficient (Wildman–Crippen LogP) is 1.52. The lowest BCUT2D eigenvalue weighted by Gasteiger charge is -2.29. The van der Waals surface area contributed by atoms with Crippen LogP contribution in [0.4, 0.5) is 4.79 Å². The van der Waals surface area contributed by atoms with Crippen molar-refractivity contribution in [1.82, 2.24) is 5.32 Å². The van der Waals surface area contributed by atoms with Gasteiger partial charge in [0.05, 0.1) is 6.61 Å². The molecule has 1 amide bonds. The Morgan fingerprint density at radius 3 is 2.25 bits per heavy atom. The summed E-state index contributed by atoms with van der Waals surface area (Å²) < 4.78 is 35.0. The number of amides is 1. The molecular weight excluding hydrogens is 370 g/mol. The standard InChI is InChI=1S/C19H31NO8/c1-17(2,3)28-16(22)20-10(8-21)12-14-15(27-19(6,7)26-14)13(24-12)11-9-23-18(4,5)25-11/h8,10-15H,9H2,1-7H3,(H,20,22)/t10-,11-,12+,13-,14-,15+/m1/s1. The molecule has 0 aromatic heterocycles. The fraction of sp³-hybridized carbons (Fsp3) is 0.895. The molecule has 1 N–H and O–H groups in total. The summed E-state index contributed by atoms with van der Waals surface area (Å²) in [5, 5.41) is 2.57. The number of fused-ring (bicyclic) bond motifs is 1. The first kappa shape index (κ1) is 21.4. The second-order valence-corrected chi connectivity index (χ2v) is 9.31. The highest BCUT2D eigenvalue weighted by Crippen LogP contribution is 2.42. The van der Waals surface area contributed by atoms with Crippen LogP contribution in [-0.2, 0) is 33.2 Å². The molecule has 6 atom stereocenters. The summed E-state index contributed by atoms with van der Waals surface area (Å²) in [6, 6.07) is -0.958. The van der Waals surface area contributed by atoms with Crippen LogP contribution < -0.4 is 5.32 Å². The van der Waals surface area contributed by atoms with Gasteiger partial charge in [0.1, 0.15) is 48.4 Å². The Labute approximate surface area is 165 Å². The van der Waals surface area contributed by atoms with Crippen molar-refractivity contribution >= 4 is 12.4 Å². The summed E-state index contributed by atoms with van der Waals surface area (Å²) in [7, 11) is 0. The summed E-state index contributed by atoms with van der Waals surface area (Å²) in [5.41, 5.74) is -0.686. The maximum atomic E-state index is 12.2. The van der Waals surface area contributed by atoms with E-state index in [0.29, 0.717) is 12.9 Å². The molecule has 3 aliphatic rings. The van der Waals surface area contributed by atoms with E-state index < -0.39 is 53.7 Å². The molecule has 0 aliphatic carbocycles. The Bertz CT molecular complexity index is 614. The fourth-order valence-electron chi connectivity index (χ4n) is 3.76. The zero-order valence-corrected chi connectivity index (χ0v) is 17.5. The van der Waals surface area contributed by atoms with E-state index in [-0.39, 0.29) is 6.10 Å².